The van der Waals surface area contributed by atoms with E-state index in [1.165, 1.54) is 0 Å². The standard InChI is InChI=1S/C23H28O6/c1-26-17-14-19-6-10-22(11-7-19)29-23(25)20-8-12-21(13-9-20)28-16-5-3-2-4-15-27-18-24/h6-13,18H,2-5,14-17H2,1H3. The van der Waals surface area contributed by atoms with Gasteiger partial charge in [0, 0.05) is 7.11 Å². The molecule has 0 amide bonds. The largest absolute Gasteiger partial charge is 0.494 e. The Morgan fingerprint density at radius 2 is 1.48 bits per heavy atom. The van der Waals surface area contributed by atoms with Crippen LogP contribution in [0, 0.1) is 0 Å². The highest BCUT2D eigenvalue weighted by molar-refractivity contribution is 5.91. The first-order valence-electron chi connectivity index (χ1n) is 9.81. The first-order valence-corrected chi connectivity index (χ1v) is 9.81. The zero-order chi connectivity index (χ0) is 20.7. The summed E-state index contributed by atoms with van der Waals surface area (Å²) >= 11 is 0. The smallest absolute Gasteiger partial charge is 0.343 e. The third kappa shape index (κ3) is 8.79. The van der Waals surface area contributed by atoms with Crippen LogP contribution >= 0.6 is 0 Å². The maximum atomic E-state index is 12.3. The van der Waals surface area contributed by atoms with E-state index in [9.17, 15) is 9.59 Å². The molecule has 2 rings (SSSR count). The monoisotopic (exact) mass is 400 g/mol. The molecule has 0 unspecified atom stereocenters. The van der Waals surface area contributed by atoms with Crippen molar-refractivity contribution in [3.63, 3.8) is 0 Å². The third-order valence-electron chi connectivity index (χ3n) is 4.31. The Labute approximate surface area is 171 Å². The molecule has 0 aliphatic heterocycles. The molecule has 0 saturated heterocycles. The summed E-state index contributed by atoms with van der Waals surface area (Å²) in [6, 6.07) is 14.3. The molecule has 0 atom stereocenters. The van der Waals surface area contributed by atoms with Crippen LogP contribution in [0.2, 0.25) is 0 Å². The number of carbonyl (C=O) groups is 2. The van der Waals surface area contributed by atoms with Crippen LogP contribution in [-0.2, 0) is 20.7 Å². The van der Waals surface area contributed by atoms with E-state index >= 15 is 0 Å². The summed E-state index contributed by atoms with van der Waals surface area (Å²) in [5, 5.41) is 0. The number of hydrogen-bond acceptors (Lipinski definition) is 6. The zero-order valence-electron chi connectivity index (χ0n) is 16.8. The molecule has 0 aliphatic rings. The maximum Gasteiger partial charge on any atom is 0.343 e. The lowest BCUT2D eigenvalue weighted by atomic mass is 10.1. The molecular weight excluding hydrogens is 372 g/mol. The van der Waals surface area contributed by atoms with E-state index in [1.54, 1.807) is 43.5 Å². The molecule has 0 fully saturated rings. The molecule has 6 nitrogen and oxygen atoms in total. The summed E-state index contributed by atoms with van der Waals surface area (Å²) < 4.78 is 20.8. The Morgan fingerprint density at radius 1 is 0.828 bits per heavy atom. The fourth-order valence-corrected chi connectivity index (χ4v) is 2.68. The van der Waals surface area contributed by atoms with Gasteiger partial charge in [0.25, 0.3) is 6.47 Å². The van der Waals surface area contributed by atoms with Crippen molar-refractivity contribution < 1.29 is 28.5 Å². The first-order chi connectivity index (χ1) is 14.2. The van der Waals surface area contributed by atoms with Gasteiger partial charge in [0.05, 0.1) is 25.4 Å². The molecule has 0 spiro atoms. The molecule has 0 aliphatic carbocycles. The van der Waals surface area contributed by atoms with Crippen LogP contribution in [0.1, 0.15) is 41.6 Å². The minimum absolute atomic E-state index is 0.404. The van der Waals surface area contributed by atoms with Gasteiger partial charge in [-0.3, -0.25) is 4.79 Å². The molecule has 6 heteroatoms. The topological polar surface area (TPSA) is 71.1 Å². The van der Waals surface area contributed by atoms with Gasteiger partial charge < -0.3 is 18.9 Å². The lowest BCUT2D eigenvalue weighted by Crippen LogP contribution is -2.08. The Kier molecular flexibility index (Phi) is 10.3. The number of carbonyl (C=O) groups excluding carboxylic acids is 2. The van der Waals surface area contributed by atoms with Crippen molar-refractivity contribution in [2.75, 3.05) is 26.9 Å². The van der Waals surface area contributed by atoms with Crippen molar-refractivity contribution >= 4 is 12.4 Å². The molecule has 0 aromatic heterocycles. The number of hydrogen-bond donors (Lipinski definition) is 0. The van der Waals surface area contributed by atoms with Gasteiger partial charge in [0.1, 0.15) is 11.5 Å². The molecule has 0 heterocycles. The van der Waals surface area contributed by atoms with E-state index in [-0.39, 0.29) is 0 Å². The Bertz CT molecular complexity index is 724. The van der Waals surface area contributed by atoms with Gasteiger partial charge in [0.2, 0.25) is 0 Å². The van der Waals surface area contributed by atoms with Crippen molar-refractivity contribution in [2.24, 2.45) is 0 Å². The van der Waals surface area contributed by atoms with Crippen LogP contribution in [-0.4, -0.2) is 39.4 Å². The van der Waals surface area contributed by atoms with Gasteiger partial charge >= 0.3 is 5.97 Å². The third-order valence-corrected chi connectivity index (χ3v) is 4.31. The van der Waals surface area contributed by atoms with Gasteiger partial charge in [-0.25, -0.2) is 4.79 Å². The molecule has 0 bridgehead atoms. The first kappa shape index (κ1) is 22.4. The molecule has 2 aromatic rings. The van der Waals surface area contributed by atoms with E-state index in [4.69, 9.17) is 14.2 Å². The van der Waals surface area contributed by atoms with E-state index in [0.29, 0.717) is 43.4 Å². The number of methoxy groups -OCH3 is 1. The molecule has 0 N–H and O–H groups in total. The SMILES string of the molecule is COCCc1ccc(OC(=O)c2ccc(OCCCCCCOC=O)cc2)cc1. The van der Waals surface area contributed by atoms with Gasteiger partial charge in [-0.2, -0.15) is 0 Å². The molecular formula is C23H28O6. The van der Waals surface area contributed by atoms with Crippen LogP contribution in [0.5, 0.6) is 11.5 Å². The fraction of sp³-hybridized carbons (Fsp3) is 0.391. The fourth-order valence-electron chi connectivity index (χ4n) is 2.68. The normalized spacial score (nSPS) is 10.4. The predicted molar refractivity (Wildman–Crippen MR) is 109 cm³/mol. The van der Waals surface area contributed by atoms with Gasteiger partial charge in [-0.1, -0.05) is 12.1 Å². The average Bonchev–Trinajstić information content (AvgIpc) is 2.75. The molecule has 29 heavy (non-hydrogen) atoms. The second kappa shape index (κ2) is 13.3. The van der Waals surface area contributed by atoms with Crippen LogP contribution in [0.15, 0.2) is 48.5 Å². The van der Waals surface area contributed by atoms with Gasteiger partial charge in [-0.05, 0) is 74.1 Å². The van der Waals surface area contributed by atoms with Crippen molar-refractivity contribution in [1.82, 2.24) is 0 Å². The summed E-state index contributed by atoms with van der Waals surface area (Å²) in [6.45, 7) is 2.21. The van der Waals surface area contributed by atoms with Crippen molar-refractivity contribution in [2.45, 2.75) is 32.1 Å². The van der Waals surface area contributed by atoms with E-state index in [2.05, 4.69) is 4.74 Å². The van der Waals surface area contributed by atoms with Gasteiger partial charge in [-0.15, -0.1) is 0 Å². The number of ether oxygens (including phenoxy) is 4. The van der Waals surface area contributed by atoms with E-state index in [0.717, 1.165) is 37.7 Å². The zero-order valence-corrected chi connectivity index (χ0v) is 16.8. The summed E-state index contributed by atoms with van der Waals surface area (Å²) in [7, 11) is 1.67. The second-order valence-corrected chi connectivity index (χ2v) is 6.53. The summed E-state index contributed by atoms with van der Waals surface area (Å²) in [6.07, 6.45) is 4.61. The van der Waals surface area contributed by atoms with Gasteiger partial charge in [0.15, 0.2) is 0 Å². The van der Waals surface area contributed by atoms with E-state index < -0.39 is 5.97 Å². The predicted octanol–water partition coefficient (Wildman–Crippen LogP) is 4.21. The minimum Gasteiger partial charge on any atom is -0.494 e. The lowest BCUT2D eigenvalue weighted by molar-refractivity contribution is -0.128. The Morgan fingerprint density at radius 3 is 2.14 bits per heavy atom. The van der Waals surface area contributed by atoms with Crippen LogP contribution in [0.4, 0.5) is 0 Å². The summed E-state index contributed by atoms with van der Waals surface area (Å²) in [4.78, 5) is 22.3. The lowest BCUT2D eigenvalue weighted by Gasteiger charge is -2.08. The quantitative estimate of drug-likeness (QED) is 0.205. The van der Waals surface area contributed by atoms with Crippen LogP contribution in [0.3, 0.4) is 0 Å². The maximum absolute atomic E-state index is 12.3. The van der Waals surface area contributed by atoms with E-state index in [1.807, 2.05) is 12.1 Å². The minimum atomic E-state index is -0.404. The highest BCUT2D eigenvalue weighted by atomic mass is 16.5. The molecule has 0 radical (unpaired) electrons. The number of esters is 1. The molecule has 0 saturated carbocycles. The summed E-state index contributed by atoms with van der Waals surface area (Å²) in [5.74, 6) is 0.821. The highest BCUT2D eigenvalue weighted by Gasteiger charge is 2.09. The van der Waals surface area contributed by atoms with Crippen molar-refractivity contribution in [1.29, 1.82) is 0 Å². The molecule has 156 valence electrons. The van der Waals surface area contributed by atoms with Crippen LogP contribution in [0.25, 0.3) is 0 Å². The van der Waals surface area contributed by atoms with Crippen LogP contribution < -0.4 is 9.47 Å². The molecule has 2 aromatic carbocycles. The van der Waals surface area contributed by atoms with Crippen molar-refractivity contribution in [3.05, 3.63) is 59.7 Å². The average molecular weight is 400 g/mol. The Balaban J connectivity index is 1.70. The highest BCUT2D eigenvalue weighted by Crippen LogP contribution is 2.17. The number of rotatable bonds is 14. The second-order valence-electron chi connectivity index (χ2n) is 6.53. The Hall–Kier alpha value is -2.86. The van der Waals surface area contributed by atoms with Crippen molar-refractivity contribution in [3.8, 4) is 11.5 Å². The summed E-state index contributed by atoms with van der Waals surface area (Å²) in [5.41, 5.74) is 1.60. The number of benzene rings is 2. The number of unbranched alkanes of at least 4 members (excludes halogenated alkanes) is 3.